The van der Waals surface area contributed by atoms with Gasteiger partial charge in [-0.2, -0.15) is 0 Å². The van der Waals surface area contributed by atoms with E-state index in [0.717, 1.165) is 19.4 Å². The molecule has 1 aromatic carbocycles. The van der Waals surface area contributed by atoms with Crippen LogP contribution in [-0.4, -0.2) is 36.1 Å². The highest BCUT2D eigenvalue weighted by atomic mass is 16.5. The molecule has 0 spiro atoms. The summed E-state index contributed by atoms with van der Waals surface area (Å²) in [6.07, 6.45) is 5.28. The van der Waals surface area contributed by atoms with E-state index in [4.69, 9.17) is 4.74 Å². The Bertz CT molecular complexity index is 695. The number of amides is 2. The minimum Gasteiger partial charge on any atom is -0.376 e. The van der Waals surface area contributed by atoms with Crippen LogP contribution >= 0.6 is 0 Å². The van der Waals surface area contributed by atoms with Gasteiger partial charge in [0.05, 0.1) is 6.10 Å². The van der Waals surface area contributed by atoms with E-state index >= 15 is 0 Å². The first-order valence-corrected chi connectivity index (χ1v) is 7.93. The normalized spacial score (nSPS) is 16.6. The van der Waals surface area contributed by atoms with Crippen LogP contribution in [0.4, 0.5) is 5.69 Å². The number of nitrogens with zero attached hydrogens (tertiary/aromatic N) is 1. The molecule has 2 heterocycles. The Balaban J connectivity index is 1.54. The third-order valence-electron chi connectivity index (χ3n) is 3.86. The predicted molar refractivity (Wildman–Crippen MR) is 89.9 cm³/mol. The SMILES string of the molecule is O=C(NC[C@H]1CCCO1)c1ccc(NC(=O)c2ccncc2)cc1. The quantitative estimate of drug-likeness (QED) is 0.883. The molecule has 6 nitrogen and oxygen atoms in total. The highest BCUT2D eigenvalue weighted by Gasteiger charge is 2.16. The number of carbonyl (C=O) groups is 2. The third kappa shape index (κ3) is 4.17. The van der Waals surface area contributed by atoms with Crippen molar-refractivity contribution in [3.8, 4) is 0 Å². The standard InChI is InChI=1S/C18H19N3O3/c22-17(20-12-16-2-1-11-24-16)13-3-5-15(6-4-13)21-18(23)14-7-9-19-10-8-14/h3-10,16H,1-2,11-12H2,(H,20,22)(H,21,23)/t16-/m1/s1. The van der Waals surface area contributed by atoms with Gasteiger partial charge in [0.25, 0.3) is 11.8 Å². The van der Waals surface area contributed by atoms with Crippen LogP contribution < -0.4 is 10.6 Å². The van der Waals surface area contributed by atoms with Crippen LogP contribution in [0, 0.1) is 0 Å². The van der Waals surface area contributed by atoms with E-state index in [-0.39, 0.29) is 17.9 Å². The summed E-state index contributed by atoms with van der Waals surface area (Å²) in [6.45, 7) is 1.30. The molecule has 1 aliphatic heterocycles. The Morgan fingerprint density at radius 2 is 1.75 bits per heavy atom. The molecular formula is C18H19N3O3. The number of hydrogen-bond acceptors (Lipinski definition) is 4. The molecule has 24 heavy (non-hydrogen) atoms. The summed E-state index contributed by atoms with van der Waals surface area (Å²) in [4.78, 5) is 28.0. The smallest absolute Gasteiger partial charge is 0.255 e. The van der Waals surface area contributed by atoms with E-state index in [1.807, 2.05) is 0 Å². The van der Waals surface area contributed by atoms with Crippen molar-refractivity contribution < 1.29 is 14.3 Å². The molecule has 0 unspecified atom stereocenters. The number of carbonyl (C=O) groups excluding carboxylic acids is 2. The average Bonchev–Trinajstić information content (AvgIpc) is 3.14. The van der Waals surface area contributed by atoms with Crippen LogP contribution in [0.25, 0.3) is 0 Å². The molecule has 1 atom stereocenters. The van der Waals surface area contributed by atoms with Crippen molar-refractivity contribution in [3.63, 3.8) is 0 Å². The fourth-order valence-corrected chi connectivity index (χ4v) is 2.53. The van der Waals surface area contributed by atoms with Crippen LogP contribution in [0.2, 0.25) is 0 Å². The number of aromatic nitrogens is 1. The maximum absolute atomic E-state index is 12.1. The molecule has 1 fully saturated rings. The Morgan fingerprint density at radius 3 is 2.42 bits per heavy atom. The molecule has 0 saturated carbocycles. The van der Waals surface area contributed by atoms with Gasteiger partial charge in [-0.05, 0) is 49.2 Å². The van der Waals surface area contributed by atoms with Crippen LogP contribution in [0.3, 0.4) is 0 Å². The van der Waals surface area contributed by atoms with Gasteiger partial charge in [0.15, 0.2) is 0 Å². The second-order valence-electron chi connectivity index (χ2n) is 5.61. The summed E-state index contributed by atoms with van der Waals surface area (Å²) in [5, 5.41) is 5.65. The summed E-state index contributed by atoms with van der Waals surface area (Å²) < 4.78 is 5.48. The lowest BCUT2D eigenvalue weighted by Gasteiger charge is -2.11. The van der Waals surface area contributed by atoms with Gasteiger partial charge in [0.1, 0.15) is 0 Å². The number of pyridine rings is 1. The Hall–Kier alpha value is -2.73. The summed E-state index contributed by atoms with van der Waals surface area (Å²) in [5.41, 5.74) is 1.71. The molecule has 3 rings (SSSR count). The van der Waals surface area contributed by atoms with E-state index in [2.05, 4.69) is 15.6 Å². The van der Waals surface area contributed by atoms with Crippen molar-refractivity contribution >= 4 is 17.5 Å². The number of rotatable bonds is 5. The van der Waals surface area contributed by atoms with Crippen molar-refractivity contribution in [1.29, 1.82) is 0 Å². The molecule has 1 aliphatic rings. The van der Waals surface area contributed by atoms with Gasteiger partial charge >= 0.3 is 0 Å². The zero-order chi connectivity index (χ0) is 16.8. The van der Waals surface area contributed by atoms with Gasteiger partial charge in [-0.1, -0.05) is 0 Å². The second-order valence-corrected chi connectivity index (χ2v) is 5.61. The molecule has 2 N–H and O–H groups in total. The molecular weight excluding hydrogens is 306 g/mol. The van der Waals surface area contributed by atoms with E-state index in [1.165, 1.54) is 0 Å². The van der Waals surface area contributed by atoms with E-state index in [1.54, 1.807) is 48.8 Å². The van der Waals surface area contributed by atoms with Crippen molar-refractivity contribution in [3.05, 3.63) is 59.9 Å². The highest BCUT2D eigenvalue weighted by molar-refractivity contribution is 6.04. The van der Waals surface area contributed by atoms with Crippen LogP contribution in [0.15, 0.2) is 48.8 Å². The first-order chi connectivity index (χ1) is 11.7. The summed E-state index contributed by atoms with van der Waals surface area (Å²) in [5.74, 6) is -0.356. The largest absolute Gasteiger partial charge is 0.376 e. The van der Waals surface area contributed by atoms with Gasteiger partial charge in [-0.25, -0.2) is 0 Å². The van der Waals surface area contributed by atoms with Crippen LogP contribution in [-0.2, 0) is 4.74 Å². The zero-order valence-corrected chi connectivity index (χ0v) is 13.2. The lowest BCUT2D eigenvalue weighted by Crippen LogP contribution is -2.31. The fourth-order valence-electron chi connectivity index (χ4n) is 2.53. The third-order valence-corrected chi connectivity index (χ3v) is 3.86. The molecule has 124 valence electrons. The molecule has 2 amide bonds. The lowest BCUT2D eigenvalue weighted by atomic mass is 10.1. The minimum absolute atomic E-state index is 0.118. The first-order valence-electron chi connectivity index (χ1n) is 7.93. The lowest BCUT2D eigenvalue weighted by molar-refractivity contribution is 0.0857. The van der Waals surface area contributed by atoms with E-state index in [9.17, 15) is 9.59 Å². The van der Waals surface area contributed by atoms with Gasteiger partial charge in [-0.15, -0.1) is 0 Å². The monoisotopic (exact) mass is 325 g/mol. The van der Waals surface area contributed by atoms with Crippen molar-refractivity contribution in [2.45, 2.75) is 18.9 Å². The summed E-state index contributed by atoms with van der Waals surface area (Å²) in [7, 11) is 0. The van der Waals surface area contributed by atoms with Gasteiger partial charge in [-0.3, -0.25) is 14.6 Å². The van der Waals surface area contributed by atoms with Gasteiger partial charge in [0.2, 0.25) is 0 Å². The topological polar surface area (TPSA) is 80.3 Å². The molecule has 0 radical (unpaired) electrons. The maximum atomic E-state index is 12.1. The predicted octanol–water partition coefficient (Wildman–Crippen LogP) is 2.24. The number of ether oxygens (including phenoxy) is 1. The molecule has 0 bridgehead atoms. The number of hydrogen-bond donors (Lipinski definition) is 2. The van der Waals surface area contributed by atoms with Gasteiger partial charge < -0.3 is 15.4 Å². The van der Waals surface area contributed by atoms with Crippen LogP contribution in [0.1, 0.15) is 33.6 Å². The number of nitrogens with one attached hydrogen (secondary N) is 2. The maximum Gasteiger partial charge on any atom is 0.255 e. The highest BCUT2D eigenvalue weighted by Crippen LogP contribution is 2.13. The Kier molecular flexibility index (Phi) is 5.18. The number of anilines is 1. The molecule has 0 aliphatic carbocycles. The second kappa shape index (κ2) is 7.70. The first kappa shape index (κ1) is 16.1. The minimum atomic E-state index is -0.215. The van der Waals surface area contributed by atoms with Crippen molar-refractivity contribution in [2.75, 3.05) is 18.5 Å². The molecule has 2 aromatic rings. The average molecular weight is 325 g/mol. The summed E-state index contributed by atoms with van der Waals surface area (Å²) in [6, 6.07) is 10.1. The molecule has 6 heteroatoms. The van der Waals surface area contributed by atoms with Gasteiger partial charge in [0, 0.05) is 42.4 Å². The Morgan fingerprint density at radius 1 is 1.04 bits per heavy atom. The van der Waals surface area contributed by atoms with Crippen LogP contribution in [0.5, 0.6) is 0 Å². The van der Waals surface area contributed by atoms with E-state index in [0.29, 0.717) is 23.4 Å². The fraction of sp³-hybridized carbons (Fsp3) is 0.278. The van der Waals surface area contributed by atoms with Crippen molar-refractivity contribution in [2.24, 2.45) is 0 Å². The zero-order valence-electron chi connectivity index (χ0n) is 13.2. The Labute approximate surface area is 140 Å². The molecule has 1 saturated heterocycles. The molecule has 1 aromatic heterocycles. The number of benzene rings is 1. The van der Waals surface area contributed by atoms with E-state index < -0.39 is 0 Å². The van der Waals surface area contributed by atoms with Crippen molar-refractivity contribution in [1.82, 2.24) is 10.3 Å². The summed E-state index contributed by atoms with van der Waals surface area (Å²) >= 11 is 0.